The SMILES string of the molecule is CC(C)(C)[Si](C)(C)OCc1cc(CF)cc(C(F)(F)F)n1. The highest BCUT2D eigenvalue weighted by molar-refractivity contribution is 6.74. The molecule has 120 valence electrons. The Kier molecular flexibility index (Phi) is 5.21. The van der Waals surface area contributed by atoms with E-state index >= 15 is 0 Å². The molecule has 7 heteroatoms. The second kappa shape index (κ2) is 6.04. The summed E-state index contributed by atoms with van der Waals surface area (Å²) in [6.07, 6.45) is -4.59. The first kappa shape index (κ1) is 18.1. The zero-order valence-corrected chi connectivity index (χ0v) is 13.9. The van der Waals surface area contributed by atoms with Crippen LogP contribution in [0.3, 0.4) is 0 Å². The monoisotopic (exact) mass is 323 g/mol. The van der Waals surface area contributed by atoms with Crippen molar-refractivity contribution in [3.8, 4) is 0 Å². The Morgan fingerprint density at radius 3 is 2.14 bits per heavy atom. The number of rotatable bonds is 4. The summed E-state index contributed by atoms with van der Waals surface area (Å²) in [4.78, 5) is 3.54. The average molecular weight is 323 g/mol. The standard InChI is InChI=1S/C14H21F4NOSi/c1-13(2,3)21(4,5)20-9-11-6-10(8-15)7-12(19-11)14(16,17)18/h6-7H,8-9H2,1-5H3. The maximum atomic E-state index is 12.7. The fourth-order valence-electron chi connectivity index (χ4n) is 1.42. The van der Waals surface area contributed by atoms with Crippen LogP contribution in [0.4, 0.5) is 17.6 Å². The number of hydrogen-bond donors (Lipinski definition) is 0. The molecule has 0 unspecified atom stereocenters. The molecule has 0 saturated carbocycles. The van der Waals surface area contributed by atoms with Crippen LogP contribution >= 0.6 is 0 Å². The molecule has 2 nitrogen and oxygen atoms in total. The van der Waals surface area contributed by atoms with Crippen LogP contribution in [0.1, 0.15) is 37.7 Å². The van der Waals surface area contributed by atoms with E-state index in [4.69, 9.17) is 4.43 Å². The Bertz CT molecular complexity index is 495. The first-order valence-electron chi connectivity index (χ1n) is 6.64. The lowest BCUT2D eigenvalue weighted by Crippen LogP contribution is -2.40. The highest BCUT2D eigenvalue weighted by Gasteiger charge is 2.37. The van der Waals surface area contributed by atoms with E-state index in [0.29, 0.717) is 0 Å². The van der Waals surface area contributed by atoms with Crippen LogP contribution in [0.2, 0.25) is 18.1 Å². The van der Waals surface area contributed by atoms with Crippen LogP contribution in [0.15, 0.2) is 12.1 Å². The zero-order chi connectivity index (χ0) is 16.5. The van der Waals surface area contributed by atoms with Gasteiger partial charge in [0.25, 0.3) is 0 Å². The van der Waals surface area contributed by atoms with Gasteiger partial charge in [-0.2, -0.15) is 13.2 Å². The molecule has 1 heterocycles. The lowest BCUT2D eigenvalue weighted by atomic mass is 10.2. The van der Waals surface area contributed by atoms with Gasteiger partial charge in [0.15, 0.2) is 8.32 Å². The molecule has 0 radical (unpaired) electrons. The van der Waals surface area contributed by atoms with Gasteiger partial charge < -0.3 is 4.43 Å². The van der Waals surface area contributed by atoms with E-state index in [1.807, 2.05) is 33.9 Å². The van der Waals surface area contributed by atoms with Crippen molar-refractivity contribution in [3.63, 3.8) is 0 Å². The van der Waals surface area contributed by atoms with Gasteiger partial charge in [0.05, 0.1) is 12.3 Å². The van der Waals surface area contributed by atoms with E-state index in [9.17, 15) is 17.6 Å². The van der Waals surface area contributed by atoms with Gasteiger partial charge in [0, 0.05) is 0 Å². The van der Waals surface area contributed by atoms with Crippen molar-refractivity contribution in [1.82, 2.24) is 4.98 Å². The number of pyridine rings is 1. The molecule has 0 fully saturated rings. The van der Waals surface area contributed by atoms with Gasteiger partial charge in [-0.3, -0.25) is 0 Å². The van der Waals surface area contributed by atoms with Crippen LogP contribution in [-0.4, -0.2) is 13.3 Å². The predicted molar refractivity (Wildman–Crippen MR) is 76.0 cm³/mol. The molecule has 1 aromatic heterocycles. The number of aromatic nitrogens is 1. The predicted octanol–water partition coefficient (Wildman–Crippen LogP) is 5.09. The van der Waals surface area contributed by atoms with Crippen molar-refractivity contribution in [2.45, 2.75) is 58.4 Å². The fourth-order valence-corrected chi connectivity index (χ4v) is 2.36. The molecule has 0 spiro atoms. The highest BCUT2D eigenvalue weighted by Crippen LogP contribution is 2.37. The number of alkyl halides is 4. The van der Waals surface area contributed by atoms with E-state index in [0.717, 1.165) is 6.07 Å². The normalized spacial score (nSPS) is 13.6. The minimum Gasteiger partial charge on any atom is -0.411 e. The topological polar surface area (TPSA) is 22.1 Å². The smallest absolute Gasteiger partial charge is 0.411 e. The van der Waals surface area contributed by atoms with Gasteiger partial charge in [-0.1, -0.05) is 20.8 Å². The second-order valence-electron chi connectivity index (χ2n) is 6.53. The van der Waals surface area contributed by atoms with Crippen LogP contribution in [0.5, 0.6) is 0 Å². The molecule has 0 aromatic carbocycles. The van der Waals surface area contributed by atoms with Gasteiger partial charge in [0.2, 0.25) is 0 Å². The molecule has 0 aliphatic carbocycles. The van der Waals surface area contributed by atoms with E-state index < -0.39 is 26.9 Å². The number of nitrogens with zero attached hydrogens (tertiary/aromatic N) is 1. The van der Waals surface area contributed by atoms with Crippen LogP contribution in [-0.2, 0) is 23.9 Å². The summed E-state index contributed by atoms with van der Waals surface area (Å²) in [5, 5.41) is -0.0580. The van der Waals surface area contributed by atoms with Crippen LogP contribution in [0.25, 0.3) is 0 Å². The minimum atomic E-state index is -4.59. The van der Waals surface area contributed by atoms with Crippen molar-refractivity contribution in [2.75, 3.05) is 0 Å². The molecule has 0 amide bonds. The number of halogens is 4. The molecule has 1 rings (SSSR count). The molecular formula is C14H21F4NOSi. The zero-order valence-electron chi connectivity index (χ0n) is 12.9. The Labute approximate surface area is 123 Å². The molecule has 0 N–H and O–H groups in total. The van der Waals surface area contributed by atoms with Crippen molar-refractivity contribution >= 4 is 8.32 Å². The fraction of sp³-hybridized carbons (Fsp3) is 0.643. The van der Waals surface area contributed by atoms with Crippen molar-refractivity contribution < 1.29 is 22.0 Å². The summed E-state index contributed by atoms with van der Waals surface area (Å²) in [6.45, 7) is 9.10. The summed E-state index contributed by atoms with van der Waals surface area (Å²) in [5.41, 5.74) is -1.00. The molecule has 0 aliphatic heterocycles. The van der Waals surface area contributed by atoms with Gasteiger partial charge in [0.1, 0.15) is 12.4 Å². The van der Waals surface area contributed by atoms with Gasteiger partial charge in [-0.05, 0) is 35.8 Å². The molecule has 1 aromatic rings. The molecule has 0 saturated heterocycles. The van der Waals surface area contributed by atoms with Crippen LogP contribution in [0, 0.1) is 0 Å². The Balaban J connectivity index is 2.99. The lowest BCUT2D eigenvalue weighted by Gasteiger charge is -2.36. The third kappa shape index (κ3) is 4.77. The lowest BCUT2D eigenvalue weighted by molar-refractivity contribution is -0.141. The van der Waals surface area contributed by atoms with E-state index in [2.05, 4.69) is 4.98 Å². The third-order valence-corrected chi connectivity index (χ3v) is 8.25. The maximum Gasteiger partial charge on any atom is 0.433 e. The summed E-state index contributed by atoms with van der Waals surface area (Å²) in [5.74, 6) is 0. The van der Waals surface area contributed by atoms with Gasteiger partial charge in [-0.15, -0.1) is 0 Å². The van der Waals surface area contributed by atoms with Crippen molar-refractivity contribution in [3.05, 3.63) is 29.1 Å². The summed E-state index contributed by atoms with van der Waals surface area (Å²) in [7, 11) is -2.09. The molecule has 0 bridgehead atoms. The van der Waals surface area contributed by atoms with E-state index in [1.165, 1.54) is 6.07 Å². The minimum absolute atomic E-state index is 0.0343. The Hall–Kier alpha value is -0.953. The Morgan fingerprint density at radius 2 is 1.71 bits per heavy atom. The van der Waals surface area contributed by atoms with Crippen molar-refractivity contribution in [1.29, 1.82) is 0 Å². The molecule has 0 atom stereocenters. The highest BCUT2D eigenvalue weighted by atomic mass is 28.4. The maximum absolute atomic E-state index is 12.7. The van der Waals surface area contributed by atoms with Gasteiger partial charge in [-0.25, -0.2) is 9.37 Å². The molecule has 0 aliphatic rings. The second-order valence-corrected chi connectivity index (χ2v) is 11.3. The first-order chi connectivity index (χ1) is 9.37. The first-order valence-corrected chi connectivity index (χ1v) is 9.54. The molecule has 21 heavy (non-hydrogen) atoms. The largest absolute Gasteiger partial charge is 0.433 e. The van der Waals surface area contributed by atoms with E-state index in [1.54, 1.807) is 0 Å². The Morgan fingerprint density at radius 1 is 1.14 bits per heavy atom. The summed E-state index contributed by atoms with van der Waals surface area (Å²) in [6, 6.07) is 2.05. The third-order valence-electron chi connectivity index (χ3n) is 3.77. The average Bonchev–Trinajstić information content (AvgIpc) is 2.33. The number of hydrogen-bond acceptors (Lipinski definition) is 2. The molecular weight excluding hydrogens is 302 g/mol. The van der Waals surface area contributed by atoms with Crippen LogP contribution < -0.4 is 0 Å². The summed E-state index contributed by atoms with van der Waals surface area (Å²) >= 11 is 0. The quantitative estimate of drug-likeness (QED) is 0.568. The van der Waals surface area contributed by atoms with Crippen molar-refractivity contribution in [2.24, 2.45) is 0 Å². The van der Waals surface area contributed by atoms with E-state index in [-0.39, 0.29) is 22.9 Å². The van der Waals surface area contributed by atoms with Gasteiger partial charge >= 0.3 is 6.18 Å². The summed E-state index contributed by atoms with van der Waals surface area (Å²) < 4.78 is 56.7.